The van der Waals surface area contributed by atoms with Gasteiger partial charge in [-0.15, -0.1) is 0 Å². The summed E-state index contributed by atoms with van der Waals surface area (Å²) in [5, 5.41) is 3.87. The summed E-state index contributed by atoms with van der Waals surface area (Å²) in [7, 11) is 1.64. The Hall–Kier alpha value is -3.86. The van der Waals surface area contributed by atoms with Crippen molar-refractivity contribution in [1.29, 1.82) is 0 Å². The molecule has 4 aromatic rings. The molecule has 0 aliphatic heterocycles. The lowest BCUT2D eigenvalue weighted by atomic mass is 10.0. The first kappa shape index (κ1) is 21.4. The SMILES string of the molecule is CCOc1cc(-c2cccc(OC)c2)nc2ccc(C(=O)NC(C)c3ccccc3)cc12. The molecule has 0 saturated heterocycles. The topological polar surface area (TPSA) is 60.5 Å². The van der Waals surface area contributed by atoms with Crippen molar-refractivity contribution in [3.8, 4) is 22.8 Å². The number of ether oxygens (including phenoxy) is 2. The first-order valence-corrected chi connectivity index (χ1v) is 10.7. The van der Waals surface area contributed by atoms with Crippen molar-refractivity contribution in [1.82, 2.24) is 10.3 Å². The second-order valence-corrected chi connectivity index (χ2v) is 7.51. The third-order valence-corrected chi connectivity index (χ3v) is 5.35. The van der Waals surface area contributed by atoms with Crippen LogP contribution in [0, 0.1) is 0 Å². The number of carbonyl (C=O) groups is 1. The summed E-state index contributed by atoms with van der Waals surface area (Å²) in [6.45, 7) is 4.43. The maximum atomic E-state index is 12.9. The minimum absolute atomic E-state index is 0.0979. The predicted molar refractivity (Wildman–Crippen MR) is 127 cm³/mol. The summed E-state index contributed by atoms with van der Waals surface area (Å²) >= 11 is 0. The first-order valence-electron chi connectivity index (χ1n) is 10.7. The molecule has 0 saturated carbocycles. The quantitative estimate of drug-likeness (QED) is 0.406. The number of nitrogens with zero attached hydrogens (tertiary/aromatic N) is 1. The zero-order valence-corrected chi connectivity index (χ0v) is 18.5. The highest BCUT2D eigenvalue weighted by molar-refractivity contribution is 6.00. The highest BCUT2D eigenvalue weighted by Gasteiger charge is 2.15. The molecule has 1 heterocycles. The third kappa shape index (κ3) is 4.57. The van der Waals surface area contributed by atoms with Crippen LogP contribution in [-0.2, 0) is 0 Å². The van der Waals surface area contributed by atoms with Crippen LogP contribution in [0.3, 0.4) is 0 Å². The van der Waals surface area contributed by atoms with Crippen molar-refractivity contribution in [3.63, 3.8) is 0 Å². The minimum Gasteiger partial charge on any atom is -0.497 e. The zero-order chi connectivity index (χ0) is 22.5. The Kier molecular flexibility index (Phi) is 6.36. The smallest absolute Gasteiger partial charge is 0.251 e. The average molecular weight is 427 g/mol. The van der Waals surface area contributed by atoms with E-state index in [2.05, 4.69) is 5.32 Å². The van der Waals surface area contributed by atoms with E-state index in [9.17, 15) is 4.79 Å². The number of aromatic nitrogens is 1. The highest BCUT2D eigenvalue weighted by Crippen LogP contribution is 2.32. The Morgan fingerprint density at radius 1 is 1.00 bits per heavy atom. The van der Waals surface area contributed by atoms with Crippen molar-refractivity contribution in [3.05, 3.63) is 90.0 Å². The number of pyridine rings is 1. The van der Waals surface area contributed by atoms with Crippen molar-refractivity contribution >= 4 is 16.8 Å². The number of hydrogen-bond donors (Lipinski definition) is 1. The molecule has 5 nitrogen and oxygen atoms in total. The highest BCUT2D eigenvalue weighted by atomic mass is 16.5. The Labute approximate surface area is 188 Å². The van der Waals surface area contributed by atoms with E-state index >= 15 is 0 Å². The molecule has 1 unspecified atom stereocenters. The normalized spacial score (nSPS) is 11.7. The number of carbonyl (C=O) groups excluding carboxylic acids is 1. The van der Waals surface area contributed by atoms with Crippen LogP contribution >= 0.6 is 0 Å². The summed E-state index contributed by atoms with van der Waals surface area (Å²) in [4.78, 5) is 17.7. The van der Waals surface area contributed by atoms with Crippen LogP contribution in [0.4, 0.5) is 0 Å². The van der Waals surface area contributed by atoms with E-state index in [1.54, 1.807) is 13.2 Å². The van der Waals surface area contributed by atoms with Gasteiger partial charge in [0.05, 0.1) is 31.0 Å². The van der Waals surface area contributed by atoms with Crippen molar-refractivity contribution in [2.24, 2.45) is 0 Å². The van der Waals surface area contributed by atoms with Gasteiger partial charge in [-0.25, -0.2) is 4.98 Å². The molecule has 0 bridgehead atoms. The van der Waals surface area contributed by atoms with Crippen molar-refractivity contribution in [2.45, 2.75) is 19.9 Å². The lowest BCUT2D eigenvalue weighted by molar-refractivity contribution is 0.0940. The molecule has 0 radical (unpaired) electrons. The van der Waals surface area contributed by atoms with E-state index in [0.29, 0.717) is 17.9 Å². The maximum absolute atomic E-state index is 12.9. The molecule has 0 spiro atoms. The molecule has 3 aromatic carbocycles. The summed E-state index contributed by atoms with van der Waals surface area (Å²) in [6, 6.07) is 25.0. The monoisotopic (exact) mass is 426 g/mol. The van der Waals surface area contributed by atoms with E-state index in [-0.39, 0.29) is 11.9 Å². The molecular weight excluding hydrogens is 400 g/mol. The second kappa shape index (κ2) is 9.52. The molecule has 4 rings (SSSR count). The van der Waals surface area contributed by atoms with Gasteiger partial charge in [-0.2, -0.15) is 0 Å². The van der Waals surface area contributed by atoms with Gasteiger partial charge < -0.3 is 14.8 Å². The predicted octanol–water partition coefficient (Wildman–Crippen LogP) is 5.80. The number of hydrogen-bond acceptors (Lipinski definition) is 4. The zero-order valence-electron chi connectivity index (χ0n) is 18.5. The van der Waals surface area contributed by atoms with Gasteiger partial charge in [-0.05, 0) is 49.7 Å². The minimum atomic E-state index is -0.137. The Bertz CT molecular complexity index is 1240. The summed E-state index contributed by atoms with van der Waals surface area (Å²) in [5.74, 6) is 1.32. The molecule has 5 heteroatoms. The van der Waals surface area contributed by atoms with Crippen LogP contribution in [0.2, 0.25) is 0 Å². The van der Waals surface area contributed by atoms with Crippen LogP contribution in [0.15, 0.2) is 78.9 Å². The van der Waals surface area contributed by atoms with Gasteiger partial charge in [-0.3, -0.25) is 4.79 Å². The number of methoxy groups -OCH3 is 1. The molecule has 1 amide bonds. The summed E-state index contributed by atoms with van der Waals surface area (Å²) < 4.78 is 11.3. The van der Waals surface area contributed by atoms with Crippen LogP contribution in [-0.4, -0.2) is 24.6 Å². The fraction of sp³-hybridized carbons (Fsp3) is 0.185. The van der Waals surface area contributed by atoms with Gasteiger partial charge in [0.1, 0.15) is 11.5 Å². The number of rotatable bonds is 7. The van der Waals surface area contributed by atoms with Gasteiger partial charge in [0.15, 0.2) is 0 Å². The van der Waals surface area contributed by atoms with Gasteiger partial charge in [-0.1, -0.05) is 42.5 Å². The fourth-order valence-corrected chi connectivity index (χ4v) is 3.65. The first-order chi connectivity index (χ1) is 15.6. The average Bonchev–Trinajstić information content (AvgIpc) is 2.84. The molecule has 0 fully saturated rings. The van der Waals surface area contributed by atoms with Crippen LogP contribution < -0.4 is 14.8 Å². The van der Waals surface area contributed by atoms with E-state index in [4.69, 9.17) is 14.5 Å². The molecule has 0 aliphatic carbocycles. The summed E-state index contributed by atoms with van der Waals surface area (Å²) in [5.41, 5.74) is 4.11. The lowest BCUT2D eigenvalue weighted by Gasteiger charge is -2.15. The molecule has 1 N–H and O–H groups in total. The van der Waals surface area contributed by atoms with E-state index in [1.807, 2.05) is 86.6 Å². The largest absolute Gasteiger partial charge is 0.497 e. The van der Waals surface area contributed by atoms with E-state index in [0.717, 1.165) is 33.5 Å². The van der Waals surface area contributed by atoms with Crippen LogP contribution in [0.1, 0.15) is 35.8 Å². The number of amides is 1. The summed E-state index contributed by atoms with van der Waals surface area (Å²) in [6.07, 6.45) is 0. The third-order valence-electron chi connectivity index (χ3n) is 5.35. The molecule has 0 aliphatic rings. The van der Waals surface area contributed by atoms with Crippen molar-refractivity contribution < 1.29 is 14.3 Å². The standard InChI is InChI=1S/C27H26N2O3/c1-4-32-26-17-25(20-11-8-12-22(15-20)31-3)29-24-14-13-21(16-23(24)26)27(30)28-18(2)19-9-6-5-7-10-19/h5-18H,4H2,1-3H3,(H,28,30). The molecule has 1 aromatic heterocycles. The van der Waals surface area contributed by atoms with Gasteiger partial charge in [0.2, 0.25) is 0 Å². The molecular formula is C27H26N2O3. The number of fused-ring (bicyclic) bond motifs is 1. The lowest BCUT2D eigenvalue weighted by Crippen LogP contribution is -2.26. The fourth-order valence-electron chi connectivity index (χ4n) is 3.65. The Morgan fingerprint density at radius 2 is 1.81 bits per heavy atom. The molecule has 32 heavy (non-hydrogen) atoms. The van der Waals surface area contributed by atoms with E-state index in [1.165, 1.54) is 0 Å². The van der Waals surface area contributed by atoms with Crippen molar-refractivity contribution in [2.75, 3.05) is 13.7 Å². The van der Waals surface area contributed by atoms with E-state index < -0.39 is 0 Å². The van der Waals surface area contributed by atoms with Gasteiger partial charge >= 0.3 is 0 Å². The maximum Gasteiger partial charge on any atom is 0.251 e. The Morgan fingerprint density at radius 3 is 2.56 bits per heavy atom. The van der Waals surface area contributed by atoms with Gasteiger partial charge in [0.25, 0.3) is 5.91 Å². The number of nitrogens with one attached hydrogen (secondary N) is 1. The molecule has 1 atom stereocenters. The molecule has 162 valence electrons. The van der Waals surface area contributed by atoms with Crippen LogP contribution in [0.25, 0.3) is 22.2 Å². The Balaban J connectivity index is 1.68. The van der Waals surface area contributed by atoms with Gasteiger partial charge in [0, 0.05) is 22.6 Å². The number of benzene rings is 3. The van der Waals surface area contributed by atoms with Crippen LogP contribution in [0.5, 0.6) is 11.5 Å². The second-order valence-electron chi connectivity index (χ2n) is 7.51.